The number of aryl methyl sites for hydroxylation is 1. The zero-order chi connectivity index (χ0) is 13.1. The predicted molar refractivity (Wildman–Crippen MR) is 78.0 cm³/mol. The molecule has 3 nitrogen and oxygen atoms in total. The van der Waals surface area contributed by atoms with Crippen LogP contribution in [0.4, 0.5) is 0 Å². The molecular formula is C16H21N3. The van der Waals surface area contributed by atoms with Crippen molar-refractivity contribution < 1.29 is 0 Å². The van der Waals surface area contributed by atoms with E-state index in [0.29, 0.717) is 0 Å². The van der Waals surface area contributed by atoms with Gasteiger partial charge < -0.3 is 9.88 Å². The molecule has 0 spiro atoms. The summed E-state index contributed by atoms with van der Waals surface area (Å²) in [6, 6.07) is 10.5. The van der Waals surface area contributed by atoms with Gasteiger partial charge in [0.25, 0.3) is 0 Å². The van der Waals surface area contributed by atoms with E-state index in [1.165, 1.54) is 30.6 Å². The Balaban J connectivity index is 1.86. The van der Waals surface area contributed by atoms with E-state index in [0.717, 1.165) is 24.8 Å². The van der Waals surface area contributed by atoms with Crippen LogP contribution in [0.2, 0.25) is 0 Å². The van der Waals surface area contributed by atoms with Crippen LogP contribution in [0.1, 0.15) is 18.5 Å². The van der Waals surface area contributed by atoms with Crippen LogP contribution in [0.5, 0.6) is 0 Å². The molecule has 0 radical (unpaired) electrons. The van der Waals surface area contributed by atoms with Crippen LogP contribution in [0, 0.1) is 12.8 Å². The van der Waals surface area contributed by atoms with E-state index < -0.39 is 0 Å². The molecule has 0 saturated carbocycles. The minimum Gasteiger partial charge on any atom is -0.328 e. The molecular weight excluding hydrogens is 234 g/mol. The van der Waals surface area contributed by atoms with E-state index in [-0.39, 0.29) is 0 Å². The van der Waals surface area contributed by atoms with Crippen LogP contribution < -0.4 is 5.32 Å². The molecule has 1 aliphatic heterocycles. The van der Waals surface area contributed by atoms with Gasteiger partial charge in [-0.1, -0.05) is 30.3 Å². The number of hydrogen-bond acceptors (Lipinski definition) is 2. The van der Waals surface area contributed by atoms with Gasteiger partial charge in [-0.3, -0.25) is 0 Å². The van der Waals surface area contributed by atoms with E-state index in [9.17, 15) is 0 Å². The van der Waals surface area contributed by atoms with Crippen molar-refractivity contribution in [2.75, 3.05) is 13.1 Å². The van der Waals surface area contributed by atoms with Crippen molar-refractivity contribution >= 4 is 0 Å². The summed E-state index contributed by atoms with van der Waals surface area (Å²) in [6.07, 6.45) is 4.59. The van der Waals surface area contributed by atoms with Crippen LogP contribution >= 0.6 is 0 Å². The number of nitrogens with one attached hydrogen (secondary N) is 1. The van der Waals surface area contributed by atoms with Crippen LogP contribution in [-0.2, 0) is 6.54 Å². The second-order valence-corrected chi connectivity index (χ2v) is 5.41. The lowest BCUT2D eigenvalue weighted by Gasteiger charge is -2.24. The van der Waals surface area contributed by atoms with E-state index in [4.69, 9.17) is 0 Å². The zero-order valence-electron chi connectivity index (χ0n) is 11.5. The van der Waals surface area contributed by atoms with Gasteiger partial charge in [0.05, 0.1) is 0 Å². The minimum absolute atomic E-state index is 0.726. The van der Waals surface area contributed by atoms with Gasteiger partial charge in [0.2, 0.25) is 0 Å². The van der Waals surface area contributed by atoms with Crippen LogP contribution in [0.25, 0.3) is 11.4 Å². The number of piperidine rings is 1. The molecule has 3 heteroatoms. The Morgan fingerprint density at radius 2 is 2.16 bits per heavy atom. The molecule has 1 aromatic carbocycles. The first-order valence-corrected chi connectivity index (χ1v) is 7.13. The Labute approximate surface area is 114 Å². The topological polar surface area (TPSA) is 29.9 Å². The second-order valence-electron chi connectivity index (χ2n) is 5.41. The van der Waals surface area contributed by atoms with Gasteiger partial charge in [0.15, 0.2) is 0 Å². The molecule has 19 heavy (non-hydrogen) atoms. The van der Waals surface area contributed by atoms with Crippen molar-refractivity contribution in [3.8, 4) is 11.4 Å². The van der Waals surface area contributed by atoms with Crippen molar-refractivity contribution in [3.05, 3.63) is 42.2 Å². The maximum Gasteiger partial charge on any atom is 0.140 e. The van der Waals surface area contributed by atoms with Crippen LogP contribution in [-0.4, -0.2) is 22.6 Å². The van der Waals surface area contributed by atoms with Gasteiger partial charge in [-0.25, -0.2) is 4.98 Å². The molecule has 0 aliphatic carbocycles. The van der Waals surface area contributed by atoms with Gasteiger partial charge in [0.1, 0.15) is 5.82 Å². The molecule has 0 unspecified atom stereocenters. The van der Waals surface area contributed by atoms with E-state index >= 15 is 0 Å². The molecule has 1 fully saturated rings. The Hall–Kier alpha value is -1.61. The average Bonchev–Trinajstić information content (AvgIpc) is 2.82. The summed E-state index contributed by atoms with van der Waals surface area (Å²) in [5.41, 5.74) is 2.46. The Morgan fingerprint density at radius 3 is 2.89 bits per heavy atom. The van der Waals surface area contributed by atoms with Crippen molar-refractivity contribution in [2.24, 2.45) is 5.92 Å². The van der Waals surface area contributed by atoms with E-state index in [1.54, 1.807) is 0 Å². The van der Waals surface area contributed by atoms with Gasteiger partial charge in [-0.05, 0) is 38.8 Å². The molecule has 1 atom stereocenters. The fourth-order valence-electron chi connectivity index (χ4n) is 2.85. The molecule has 0 bridgehead atoms. The first kappa shape index (κ1) is 12.4. The lowest BCUT2D eigenvalue weighted by Crippen LogP contribution is -2.32. The second kappa shape index (κ2) is 5.57. The summed E-state index contributed by atoms with van der Waals surface area (Å²) in [5.74, 6) is 1.83. The fourth-order valence-corrected chi connectivity index (χ4v) is 2.85. The molecule has 3 rings (SSSR count). The molecule has 1 aliphatic rings. The minimum atomic E-state index is 0.726. The monoisotopic (exact) mass is 255 g/mol. The Morgan fingerprint density at radius 1 is 1.32 bits per heavy atom. The molecule has 2 heterocycles. The maximum atomic E-state index is 4.59. The first-order chi connectivity index (χ1) is 9.34. The average molecular weight is 255 g/mol. The number of aromatic nitrogens is 2. The number of rotatable bonds is 3. The lowest BCUT2D eigenvalue weighted by atomic mass is 9.99. The van der Waals surface area contributed by atoms with Crippen molar-refractivity contribution in [2.45, 2.75) is 26.3 Å². The third-order valence-electron chi connectivity index (χ3n) is 3.93. The molecule has 1 saturated heterocycles. The molecule has 1 N–H and O–H groups in total. The normalized spacial score (nSPS) is 19.5. The van der Waals surface area contributed by atoms with Crippen LogP contribution in [0.15, 0.2) is 36.5 Å². The summed E-state index contributed by atoms with van der Waals surface area (Å²) in [7, 11) is 0. The first-order valence-electron chi connectivity index (χ1n) is 7.13. The summed E-state index contributed by atoms with van der Waals surface area (Å²) in [5, 5.41) is 3.49. The summed E-state index contributed by atoms with van der Waals surface area (Å²) >= 11 is 0. The third-order valence-corrected chi connectivity index (χ3v) is 3.93. The largest absolute Gasteiger partial charge is 0.328 e. The molecule has 1 aromatic heterocycles. The van der Waals surface area contributed by atoms with E-state index in [1.807, 2.05) is 6.20 Å². The van der Waals surface area contributed by atoms with Crippen molar-refractivity contribution in [1.29, 1.82) is 0 Å². The zero-order valence-corrected chi connectivity index (χ0v) is 11.5. The number of hydrogen-bond donors (Lipinski definition) is 1. The maximum absolute atomic E-state index is 4.59. The quantitative estimate of drug-likeness (QED) is 0.914. The SMILES string of the molecule is Cc1cnc(-c2ccccc2)n1C[C@H]1CCCNC1. The molecule has 2 aromatic rings. The Bertz CT molecular complexity index is 524. The number of imidazole rings is 1. The summed E-state index contributed by atoms with van der Waals surface area (Å²) in [6.45, 7) is 5.52. The van der Waals surface area contributed by atoms with Crippen molar-refractivity contribution in [1.82, 2.24) is 14.9 Å². The molecule has 0 amide bonds. The molecule has 100 valence electrons. The highest BCUT2D eigenvalue weighted by atomic mass is 15.1. The Kier molecular flexibility index (Phi) is 3.65. The van der Waals surface area contributed by atoms with Gasteiger partial charge in [-0.15, -0.1) is 0 Å². The summed E-state index contributed by atoms with van der Waals surface area (Å²) in [4.78, 5) is 4.59. The highest BCUT2D eigenvalue weighted by molar-refractivity contribution is 5.55. The summed E-state index contributed by atoms with van der Waals surface area (Å²) < 4.78 is 2.37. The number of benzene rings is 1. The lowest BCUT2D eigenvalue weighted by molar-refractivity contribution is 0.336. The third kappa shape index (κ3) is 2.71. The highest BCUT2D eigenvalue weighted by Gasteiger charge is 2.17. The fraction of sp³-hybridized carbons (Fsp3) is 0.438. The van der Waals surface area contributed by atoms with Gasteiger partial charge in [0, 0.05) is 24.0 Å². The van der Waals surface area contributed by atoms with Crippen LogP contribution in [0.3, 0.4) is 0 Å². The standard InChI is InChI=1S/C16H21N3/c1-13-10-18-16(15-7-3-2-4-8-15)19(13)12-14-6-5-9-17-11-14/h2-4,7-8,10,14,17H,5-6,9,11-12H2,1H3/t14-/m0/s1. The number of nitrogens with zero attached hydrogens (tertiary/aromatic N) is 2. The van der Waals surface area contributed by atoms with Gasteiger partial charge in [-0.2, -0.15) is 0 Å². The predicted octanol–water partition coefficient (Wildman–Crippen LogP) is 2.86. The van der Waals surface area contributed by atoms with E-state index in [2.05, 4.69) is 52.1 Å². The smallest absolute Gasteiger partial charge is 0.140 e. The van der Waals surface area contributed by atoms with Crippen molar-refractivity contribution in [3.63, 3.8) is 0 Å². The van der Waals surface area contributed by atoms with Gasteiger partial charge >= 0.3 is 0 Å². The highest BCUT2D eigenvalue weighted by Crippen LogP contribution is 2.22.